The minimum Gasteiger partial charge on any atom is -0.335 e. The van der Waals surface area contributed by atoms with Crippen molar-refractivity contribution in [1.29, 1.82) is 0 Å². The second-order valence-corrected chi connectivity index (χ2v) is 6.78. The van der Waals surface area contributed by atoms with Gasteiger partial charge in [-0.25, -0.2) is 9.97 Å². The topological polar surface area (TPSA) is 98.0 Å². The number of fused-ring (bicyclic) bond motifs is 1. The molecule has 3 heterocycles. The molecule has 0 radical (unpaired) electrons. The van der Waals surface area contributed by atoms with Crippen molar-refractivity contribution in [2.24, 2.45) is 0 Å². The third-order valence-electron chi connectivity index (χ3n) is 4.02. The zero-order valence-corrected chi connectivity index (χ0v) is 15.3. The molecule has 7 nitrogen and oxygen atoms in total. The molecule has 4 aromatic rings. The minimum absolute atomic E-state index is 0.153. The number of hydrogen-bond acceptors (Lipinski definition) is 7. The maximum atomic E-state index is 12.9. The molecule has 0 saturated heterocycles. The van der Waals surface area contributed by atoms with Gasteiger partial charge in [0.25, 0.3) is 11.6 Å². The molecule has 3 aromatic heterocycles. The highest BCUT2D eigenvalue weighted by atomic mass is 32.1. The second kappa shape index (κ2) is 6.73. The molecule has 0 saturated carbocycles. The Balaban J connectivity index is 1.77. The summed E-state index contributed by atoms with van der Waals surface area (Å²) in [5.41, 5.74) is 3.04. The molecule has 1 N–H and O–H groups in total. The Labute approximate surface area is 158 Å². The van der Waals surface area contributed by atoms with Gasteiger partial charge in [-0.2, -0.15) is 0 Å². The summed E-state index contributed by atoms with van der Waals surface area (Å²) in [6, 6.07) is 11.2. The van der Waals surface area contributed by atoms with Crippen molar-refractivity contribution in [3.8, 4) is 11.3 Å². The molecule has 8 heteroatoms. The third kappa shape index (κ3) is 3.22. The molecule has 27 heavy (non-hydrogen) atoms. The van der Waals surface area contributed by atoms with Crippen LogP contribution in [0.2, 0.25) is 0 Å². The number of ketones is 1. The van der Waals surface area contributed by atoms with Crippen molar-refractivity contribution in [3.05, 3.63) is 58.7 Å². The number of nitrogens with one attached hydrogen (secondary N) is 1. The van der Waals surface area contributed by atoms with Crippen molar-refractivity contribution in [3.63, 3.8) is 0 Å². The molecule has 0 fully saturated rings. The summed E-state index contributed by atoms with van der Waals surface area (Å²) in [5, 5.41) is 9.19. The fraction of sp³-hybridized carbons (Fsp3) is 0.105. The molecule has 0 spiro atoms. The van der Waals surface area contributed by atoms with Gasteiger partial charge >= 0.3 is 0 Å². The van der Waals surface area contributed by atoms with Gasteiger partial charge in [0.2, 0.25) is 0 Å². The molecule has 0 bridgehead atoms. The van der Waals surface area contributed by atoms with Crippen LogP contribution in [0.5, 0.6) is 0 Å². The van der Waals surface area contributed by atoms with E-state index in [0.717, 1.165) is 5.56 Å². The molecule has 134 valence electrons. The lowest BCUT2D eigenvalue weighted by Crippen LogP contribution is -2.13. The monoisotopic (exact) mass is 378 g/mol. The SMILES string of the molecule is CC(=O)c1csc(NC(=O)c2cc(-c3ccccc3)nc3onc(C)c23)n1. The van der Waals surface area contributed by atoms with E-state index in [-0.39, 0.29) is 11.7 Å². The van der Waals surface area contributed by atoms with Crippen LogP contribution >= 0.6 is 11.3 Å². The van der Waals surface area contributed by atoms with Crippen LogP contribution in [0.15, 0.2) is 46.3 Å². The second-order valence-electron chi connectivity index (χ2n) is 5.92. The average Bonchev–Trinajstić information content (AvgIpc) is 3.29. The number of aromatic nitrogens is 3. The van der Waals surface area contributed by atoms with E-state index in [0.29, 0.717) is 38.9 Å². The fourth-order valence-electron chi connectivity index (χ4n) is 2.69. The molecule has 0 aliphatic carbocycles. The van der Waals surface area contributed by atoms with E-state index < -0.39 is 0 Å². The van der Waals surface area contributed by atoms with Crippen LogP contribution in [0, 0.1) is 6.92 Å². The molecule has 1 amide bonds. The molecular formula is C19H14N4O3S. The van der Waals surface area contributed by atoms with Gasteiger partial charge < -0.3 is 4.52 Å². The van der Waals surface area contributed by atoms with Crippen LogP contribution < -0.4 is 5.32 Å². The number of pyridine rings is 1. The van der Waals surface area contributed by atoms with E-state index in [2.05, 4.69) is 20.4 Å². The van der Waals surface area contributed by atoms with Crippen molar-refractivity contribution in [2.45, 2.75) is 13.8 Å². The van der Waals surface area contributed by atoms with E-state index in [9.17, 15) is 9.59 Å². The lowest BCUT2D eigenvalue weighted by atomic mass is 10.1. The lowest BCUT2D eigenvalue weighted by Gasteiger charge is -2.06. The summed E-state index contributed by atoms with van der Waals surface area (Å²) in [4.78, 5) is 32.9. The number of carbonyl (C=O) groups is 2. The fourth-order valence-corrected chi connectivity index (χ4v) is 3.43. The summed E-state index contributed by atoms with van der Waals surface area (Å²) in [6.45, 7) is 3.18. The van der Waals surface area contributed by atoms with Crippen molar-refractivity contribution in [1.82, 2.24) is 15.1 Å². The summed E-state index contributed by atoms with van der Waals surface area (Å²) in [7, 11) is 0. The zero-order valence-electron chi connectivity index (χ0n) is 14.5. The van der Waals surface area contributed by atoms with Gasteiger partial charge in [-0.1, -0.05) is 35.5 Å². The summed E-state index contributed by atoms with van der Waals surface area (Å²) >= 11 is 1.19. The van der Waals surface area contributed by atoms with Gasteiger partial charge in [-0.3, -0.25) is 14.9 Å². The lowest BCUT2D eigenvalue weighted by molar-refractivity contribution is 0.100. The zero-order chi connectivity index (χ0) is 19.0. The highest BCUT2D eigenvalue weighted by Gasteiger charge is 2.20. The number of nitrogens with zero attached hydrogens (tertiary/aromatic N) is 3. The molecule has 0 unspecified atom stereocenters. The maximum absolute atomic E-state index is 12.9. The quantitative estimate of drug-likeness (QED) is 0.537. The van der Waals surface area contributed by atoms with E-state index in [1.165, 1.54) is 18.3 Å². The van der Waals surface area contributed by atoms with E-state index in [1.54, 1.807) is 18.4 Å². The number of thiazole rings is 1. The standard InChI is InChI=1S/C19H14N4O3S/c1-10-16-13(17(25)22-19-21-15(9-27-19)11(2)24)8-14(20-18(16)26-23-10)12-6-4-3-5-7-12/h3-9H,1-2H3,(H,21,22,25). The summed E-state index contributed by atoms with van der Waals surface area (Å²) < 4.78 is 5.29. The molecule has 4 rings (SSSR count). The average molecular weight is 378 g/mol. The first-order chi connectivity index (χ1) is 13.0. The number of Topliss-reactive ketones (excluding diaryl/α,β-unsaturated/α-hetero) is 1. The normalized spacial score (nSPS) is 10.9. The highest BCUT2D eigenvalue weighted by Crippen LogP contribution is 2.28. The first-order valence-corrected chi connectivity index (χ1v) is 9.01. The van der Waals surface area contributed by atoms with Gasteiger partial charge in [0.15, 0.2) is 10.9 Å². The van der Waals surface area contributed by atoms with Gasteiger partial charge in [-0.05, 0) is 13.0 Å². The van der Waals surface area contributed by atoms with Crippen molar-refractivity contribution in [2.75, 3.05) is 5.32 Å². The van der Waals surface area contributed by atoms with Gasteiger partial charge in [0, 0.05) is 17.9 Å². The van der Waals surface area contributed by atoms with Gasteiger partial charge in [0.1, 0.15) is 5.69 Å². The van der Waals surface area contributed by atoms with E-state index >= 15 is 0 Å². The number of rotatable bonds is 4. The number of anilines is 1. The Morgan fingerprint density at radius 1 is 1.15 bits per heavy atom. The molecular weight excluding hydrogens is 364 g/mol. The number of hydrogen-bond donors (Lipinski definition) is 1. The molecule has 0 atom stereocenters. The molecule has 0 aliphatic heterocycles. The largest absolute Gasteiger partial charge is 0.335 e. The predicted octanol–water partition coefficient (Wildman–Crippen LogP) is 4.11. The maximum Gasteiger partial charge on any atom is 0.259 e. The number of carbonyl (C=O) groups excluding carboxylic acids is 2. The van der Waals surface area contributed by atoms with Crippen LogP contribution in [0.1, 0.15) is 33.5 Å². The smallest absolute Gasteiger partial charge is 0.259 e. The number of benzene rings is 1. The summed E-state index contributed by atoms with van der Waals surface area (Å²) in [5.74, 6) is -0.519. The Hall–Kier alpha value is -3.39. The number of aryl methyl sites for hydroxylation is 1. The van der Waals surface area contributed by atoms with Gasteiger partial charge in [-0.15, -0.1) is 11.3 Å². The van der Waals surface area contributed by atoms with Crippen LogP contribution in [0.4, 0.5) is 5.13 Å². The van der Waals surface area contributed by atoms with E-state index in [1.807, 2.05) is 30.3 Å². The van der Waals surface area contributed by atoms with E-state index in [4.69, 9.17) is 4.52 Å². The minimum atomic E-state index is -0.365. The Bertz CT molecular complexity index is 1160. The number of amides is 1. The highest BCUT2D eigenvalue weighted by molar-refractivity contribution is 7.14. The van der Waals surface area contributed by atoms with Gasteiger partial charge in [0.05, 0.1) is 22.3 Å². The first-order valence-electron chi connectivity index (χ1n) is 8.13. The third-order valence-corrected chi connectivity index (χ3v) is 4.77. The summed E-state index contributed by atoms with van der Waals surface area (Å²) in [6.07, 6.45) is 0. The van der Waals surface area contributed by atoms with Crippen LogP contribution in [-0.4, -0.2) is 26.8 Å². The van der Waals surface area contributed by atoms with Crippen LogP contribution in [0.25, 0.3) is 22.4 Å². The Morgan fingerprint density at radius 3 is 2.63 bits per heavy atom. The van der Waals surface area contributed by atoms with Crippen molar-refractivity contribution >= 4 is 39.3 Å². The molecule has 0 aliphatic rings. The van der Waals surface area contributed by atoms with Crippen molar-refractivity contribution < 1.29 is 14.1 Å². The Morgan fingerprint density at radius 2 is 1.93 bits per heavy atom. The van der Waals surface area contributed by atoms with Crippen LogP contribution in [-0.2, 0) is 0 Å². The first kappa shape index (κ1) is 17.0. The molecule has 1 aromatic carbocycles. The predicted molar refractivity (Wildman–Crippen MR) is 102 cm³/mol. The van der Waals surface area contributed by atoms with Crippen LogP contribution in [0.3, 0.4) is 0 Å². The Kier molecular flexibility index (Phi) is 4.25.